The number of thiocarbonyl (C=S) groups is 1. The summed E-state index contributed by atoms with van der Waals surface area (Å²) in [7, 11) is 1.65. The molecule has 1 aromatic carbocycles. The number of carbonyl (C=O) groups is 1. The molecule has 0 aliphatic heterocycles. The molecule has 0 spiro atoms. The molecule has 18 heavy (non-hydrogen) atoms. The quantitative estimate of drug-likeness (QED) is 0.577. The fourth-order valence-corrected chi connectivity index (χ4v) is 1.23. The molecule has 0 heterocycles. The fraction of sp³-hybridized carbons (Fsp3) is 0.273. The second kappa shape index (κ2) is 7.03. The van der Waals surface area contributed by atoms with E-state index in [1.807, 2.05) is 0 Å². The molecule has 1 unspecified atom stereocenters. The van der Waals surface area contributed by atoms with Gasteiger partial charge in [0.15, 0.2) is 11.2 Å². The average Bonchev–Trinajstić information content (AvgIpc) is 2.38. The number of benzene rings is 1. The van der Waals surface area contributed by atoms with Gasteiger partial charge in [-0.25, -0.2) is 0 Å². The van der Waals surface area contributed by atoms with Gasteiger partial charge in [-0.05, 0) is 43.4 Å². The number of hydrazine groups is 1. The maximum Gasteiger partial charge on any atom is 0.279 e. The third-order valence-corrected chi connectivity index (χ3v) is 2.58. The summed E-state index contributed by atoms with van der Waals surface area (Å²) in [6.07, 6.45) is -0.654. The second-order valence-electron chi connectivity index (χ2n) is 3.41. The first kappa shape index (κ1) is 14.5. The summed E-state index contributed by atoms with van der Waals surface area (Å²) < 4.78 is 5.42. The lowest BCUT2D eigenvalue weighted by atomic mass is 10.3. The molecule has 5 nitrogen and oxygen atoms in total. The summed E-state index contributed by atoms with van der Waals surface area (Å²) in [5.41, 5.74) is 4.95. The first-order valence-corrected chi connectivity index (χ1v) is 6.01. The van der Waals surface area contributed by atoms with Crippen molar-refractivity contribution in [3.63, 3.8) is 0 Å². The normalized spacial score (nSPS) is 11.3. The Morgan fingerprint density at radius 2 is 1.94 bits per heavy atom. The Hall–Kier alpha value is -1.53. The molecule has 0 fully saturated rings. The molecule has 1 amide bonds. The zero-order valence-electron chi connectivity index (χ0n) is 9.99. The Labute approximate surface area is 116 Å². The molecule has 7 heteroatoms. The van der Waals surface area contributed by atoms with Crippen LogP contribution >= 0.6 is 23.8 Å². The molecule has 0 radical (unpaired) electrons. The predicted molar refractivity (Wildman–Crippen MR) is 74.5 cm³/mol. The number of rotatable bonds is 3. The summed E-state index contributed by atoms with van der Waals surface area (Å²) in [6.45, 7) is 1.63. The molecule has 0 bridgehead atoms. The minimum atomic E-state index is -0.654. The Morgan fingerprint density at radius 1 is 1.33 bits per heavy atom. The minimum Gasteiger partial charge on any atom is -0.481 e. The first-order chi connectivity index (χ1) is 8.52. The van der Waals surface area contributed by atoms with Crippen LogP contribution in [0.2, 0.25) is 5.02 Å². The summed E-state index contributed by atoms with van der Waals surface area (Å²) in [6, 6.07) is 6.77. The van der Waals surface area contributed by atoms with E-state index in [0.717, 1.165) is 0 Å². The lowest BCUT2D eigenvalue weighted by Gasteiger charge is -2.15. The topological polar surface area (TPSA) is 62.4 Å². The van der Waals surface area contributed by atoms with Gasteiger partial charge in [-0.15, -0.1) is 0 Å². The zero-order valence-corrected chi connectivity index (χ0v) is 11.6. The van der Waals surface area contributed by atoms with Crippen LogP contribution in [0.5, 0.6) is 5.75 Å². The van der Waals surface area contributed by atoms with E-state index in [1.165, 1.54) is 0 Å². The highest BCUT2D eigenvalue weighted by Gasteiger charge is 2.14. The van der Waals surface area contributed by atoms with Gasteiger partial charge in [0, 0.05) is 12.1 Å². The van der Waals surface area contributed by atoms with Gasteiger partial charge in [0.25, 0.3) is 5.91 Å². The van der Waals surface area contributed by atoms with Gasteiger partial charge in [-0.3, -0.25) is 15.6 Å². The van der Waals surface area contributed by atoms with Crippen molar-refractivity contribution in [1.82, 2.24) is 16.2 Å². The number of carbonyl (C=O) groups excluding carboxylic acids is 1. The van der Waals surface area contributed by atoms with Gasteiger partial charge >= 0.3 is 0 Å². The van der Waals surface area contributed by atoms with Gasteiger partial charge < -0.3 is 10.1 Å². The van der Waals surface area contributed by atoms with Crippen LogP contribution < -0.4 is 20.9 Å². The third kappa shape index (κ3) is 4.77. The van der Waals surface area contributed by atoms with E-state index in [-0.39, 0.29) is 5.91 Å². The Balaban J connectivity index is 2.44. The van der Waals surface area contributed by atoms with E-state index in [0.29, 0.717) is 15.9 Å². The number of hydrogen-bond acceptors (Lipinski definition) is 3. The van der Waals surface area contributed by atoms with Gasteiger partial charge in [0.2, 0.25) is 0 Å². The smallest absolute Gasteiger partial charge is 0.279 e. The molecular weight excluding hydrogens is 274 g/mol. The summed E-state index contributed by atoms with van der Waals surface area (Å²) in [5.74, 6) is 0.237. The summed E-state index contributed by atoms with van der Waals surface area (Å²) >= 11 is 10.6. The van der Waals surface area contributed by atoms with E-state index in [4.69, 9.17) is 28.6 Å². The molecule has 1 aromatic rings. The van der Waals surface area contributed by atoms with Crippen LogP contribution in [0.4, 0.5) is 0 Å². The number of hydrogen-bond donors (Lipinski definition) is 3. The lowest BCUT2D eigenvalue weighted by molar-refractivity contribution is -0.127. The van der Waals surface area contributed by atoms with E-state index in [1.54, 1.807) is 38.2 Å². The van der Waals surface area contributed by atoms with Crippen LogP contribution in [0.1, 0.15) is 6.92 Å². The van der Waals surface area contributed by atoms with Crippen LogP contribution in [0.25, 0.3) is 0 Å². The monoisotopic (exact) mass is 287 g/mol. The van der Waals surface area contributed by atoms with Crippen LogP contribution in [0.3, 0.4) is 0 Å². The zero-order chi connectivity index (χ0) is 13.5. The molecule has 0 aliphatic rings. The van der Waals surface area contributed by atoms with Crippen molar-refractivity contribution >= 4 is 34.8 Å². The minimum absolute atomic E-state index is 0.321. The highest BCUT2D eigenvalue weighted by Crippen LogP contribution is 2.16. The molecule has 0 aromatic heterocycles. The molecule has 0 saturated heterocycles. The number of halogens is 1. The van der Waals surface area contributed by atoms with E-state index in [2.05, 4.69) is 16.2 Å². The first-order valence-electron chi connectivity index (χ1n) is 5.22. The maximum absolute atomic E-state index is 11.6. The van der Waals surface area contributed by atoms with Gasteiger partial charge in [0.05, 0.1) is 0 Å². The standard InChI is InChI=1S/C11H14ClN3O2S/c1-7(10(16)14-15-11(18)13-2)17-9-5-3-8(12)4-6-9/h3-7H,1-2H3,(H,14,16)(H2,13,15,18). The van der Waals surface area contributed by atoms with Crippen molar-refractivity contribution in [3.8, 4) is 5.75 Å². The molecule has 0 saturated carbocycles. The highest BCUT2D eigenvalue weighted by molar-refractivity contribution is 7.80. The van der Waals surface area contributed by atoms with E-state index in [9.17, 15) is 4.79 Å². The second-order valence-corrected chi connectivity index (χ2v) is 4.25. The third-order valence-electron chi connectivity index (χ3n) is 2.02. The summed E-state index contributed by atoms with van der Waals surface area (Å²) in [4.78, 5) is 11.6. The van der Waals surface area contributed by atoms with Crippen molar-refractivity contribution in [3.05, 3.63) is 29.3 Å². The van der Waals surface area contributed by atoms with Crippen molar-refractivity contribution in [1.29, 1.82) is 0 Å². The molecule has 1 rings (SSSR count). The maximum atomic E-state index is 11.6. The van der Waals surface area contributed by atoms with Crippen LogP contribution in [-0.4, -0.2) is 24.2 Å². The van der Waals surface area contributed by atoms with Crippen LogP contribution in [0.15, 0.2) is 24.3 Å². The fourth-order valence-electron chi connectivity index (χ4n) is 1.05. The number of ether oxygens (including phenoxy) is 1. The SMILES string of the molecule is CNC(=S)NNC(=O)C(C)Oc1ccc(Cl)cc1. The van der Waals surface area contributed by atoms with Crippen molar-refractivity contribution < 1.29 is 9.53 Å². The molecule has 0 aliphatic carbocycles. The molecule has 1 atom stereocenters. The Bertz CT molecular complexity index is 425. The number of amides is 1. The Morgan fingerprint density at radius 3 is 2.50 bits per heavy atom. The molecular formula is C11H14ClN3O2S. The lowest BCUT2D eigenvalue weighted by Crippen LogP contribution is -2.49. The van der Waals surface area contributed by atoms with Crippen LogP contribution in [-0.2, 0) is 4.79 Å². The van der Waals surface area contributed by atoms with Gasteiger partial charge in [0.1, 0.15) is 5.75 Å². The van der Waals surface area contributed by atoms with Gasteiger partial charge in [-0.1, -0.05) is 11.6 Å². The number of nitrogens with one attached hydrogen (secondary N) is 3. The largest absolute Gasteiger partial charge is 0.481 e. The van der Waals surface area contributed by atoms with E-state index < -0.39 is 6.10 Å². The van der Waals surface area contributed by atoms with Crippen molar-refractivity contribution in [2.75, 3.05) is 7.05 Å². The van der Waals surface area contributed by atoms with E-state index >= 15 is 0 Å². The van der Waals surface area contributed by atoms with Crippen LogP contribution in [0, 0.1) is 0 Å². The van der Waals surface area contributed by atoms with Crippen molar-refractivity contribution in [2.45, 2.75) is 13.0 Å². The van der Waals surface area contributed by atoms with Gasteiger partial charge in [-0.2, -0.15) is 0 Å². The predicted octanol–water partition coefficient (Wildman–Crippen LogP) is 1.23. The average molecular weight is 288 g/mol. The summed E-state index contributed by atoms with van der Waals surface area (Å²) in [5, 5.41) is 3.60. The highest BCUT2D eigenvalue weighted by atomic mass is 35.5. The molecule has 3 N–H and O–H groups in total. The van der Waals surface area contributed by atoms with Crippen molar-refractivity contribution in [2.24, 2.45) is 0 Å². The Kier molecular flexibility index (Phi) is 5.67. The molecule has 98 valence electrons.